The second-order valence-corrected chi connectivity index (χ2v) is 7.80. The quantitative estimate of drug-likeness (QED) is 0.427. The van der Waals surface area contributed by atoms with Crippen LogP contribution in [0, 0.1) is 18.6 Å². The van der Waals surface area contributed by atoms with Crippen LogP contribution in [0.2, 0.25) is 0 Å². The number of amides is 1. The molecule has 4 rings (SSSR count). The number of nitrogens with zero attached hydrogens (tertiary/aromatic N) is 3. The molecule has 0 saturated heterocycles. The lowest BCUT2D eigenvalue weighted by Crippen LogP contribution is -2.33. The molecule has 0 fully saturated rings. The molecule has 2 aromatic heterocycles. The Kier molecular flexibility index (Phi) is 6.63. The van der Waals surface area contributed by atoms with Gasteiger partial charge in [-0.3, -0.25) is 19.1 Å². The Labute approximate surface area is 198 Å². The summed E-state index contributed by atoms with van der Waals surface area (Å²) in [7, 11) is 1.29. The first-order valence-corrected chi connectivity index (χ1v) is 10.5. The molecular weight excluding hydrogens is 458 g/mol. The monoisotopic (exact) mass is 478 g/mol. The van der Waals surface area contributed by atoms with Crippen LogP contribution in [-0.4, -0.2) is 33.5 Å². The van der Waals surface area contributed by atoms with Gasteiger partial charge in [0.2, 0.25) is 0 Å². The van der Waals surface area contributed by atoms with Crippen molar-refractivity contribution in [2.45, 2.75) is 20.0 Å². The normalized spacial score (nSPS) is 10.9. The number of halogens is 2. The molecule has 2 aromatic carbocycles. The van der Waals surface area contributed by atoms with Crippen LogP contribution in [-0.2, 0) is 17.8 Å². The van der Waals surface area contributed by atoms with Gasteiger partial charge in [0.05, 0.1) is 31.1 Å². The molecule has 10 heteroatoms. The van der Waals surface area contributed by atoms with Gasteiger partial charge in [-0.25, -0.2) is 18.6 Å². The van der Waals surface area contributed by atoms with Crippen molar-refractivity contribution >= 4 is 22.8 Å². The number of rotatable bonds is 6. The van der Waals surface area contributed by atoms with E-state index in [9.17, 15) is 23.2 Å². The van der Waals surface area contributed by atoms with E-state index in [1.54, 1.807) is 18.2 Å². The van der Waals surface area contributed by atoms with Crippen LogP contribution >= 0.6 is 0 Å². The number of fused-ring (bicyclic) bond motifs is 1. The minimum absolute atomic E-state index is 0.0799. The molecule has 178 valence electrons. The van der Waals surface area contributed by atoms with Crippen LogP contribution in [0.3, 0.4) is 0 Å². The molecule has 0 atom stereocenters. The minimum Gasteiger partial charge on any atom is -0.465 e. The van der Waals surface area contributed by atoms with Crippen molar-refractivity contribution in [2.75, 3.05) is 7.11 Å². The van der Waals surface area contributed by atoms with Gasteiger partial charge in [0.15, 0.2) is 11.6 Å². The van der Waals surface area contributed by atoms with Crippen LogP contribution in [0.15, 0.2) is 59.9 Å². The molecule has 0 aliphatic carbocycles. The fourth-order valence-corrected chi connectivity index (χ4v) is 3.63. The number of ether oxygens (including phenoxy) is 1. The summed E-state index contributed by atoms with van der Waals surface area (Å²) < 4.78 is 32.5. The van der Waals surface area contributed by atoms with Gasteiger partial charge in [0.25, 0.3) is 11.5 Å². The van der Waals surface area contributed by atoms with Gasteiger partial charge in [-0.15, -0.1) is 0 Å². The molecule has 0 spiro atoms. The van der Waals surface area contributed by atoms with E-state index in [0.717, 1.165) is 39.4 Å². The summed E-state index contributed by atoms with van der Waals surface area (Å²) in [6.45, 7) is 1.87. The van der Waals surface area contributed by atoms with E-state index in [1.807, 2.05) is 6.92 Å². The lowest BCUT2D eigenvalue weighted by molar-refractivity contribution is 0.0600. The van der Waals surface area contributed by atoms with Crippen LogP contribution in [0.1, 0.15) is 37.4 Å². The maximum Gasteiger partial charge on any atom is 0.339 e. The van der Waals surface area contributed by atoms with Crippen LogP contribution in [0.25, 0.3) is 10.9 Å². The van der Waals surface area contributed by atoms with E-state index in [1.165, 1.54) is 25.7 Å². The third kappa shape index (κ3) is 4.91. The fraction of sp³-hybridized carbons (Fsp3) is 0.160. The number of esters is 1. The number of nitrogens with one attached hydrogen (secondary N) is 1. The zero-order valence-electron chi connectivity index (χ0n) is 18.8. The lowest BCUT2D eigenvalue weighted by Gasteiger charge is -2.12. The zero-order valence-corrected chi connectivity index (χ0v) is 18.8. The smallest absolute Gasteiger partial charge is 0.339 e. The Balaban J connectivity index is 1.54. The lowest BCUT2D eigenvalue weighted by atomic mass is 10.0. The van der Waals surface area contributed by atoms with Gasteiger partial charge in [-0.1, -0.05) is 12.1 Å². The third-order valence-electron chi connectivity index (χ3n) is 5.59. The first-order chi connectivity index (χ1) is 16.8. The first-order valence-electron chi connectivity index (χ1n) is 10.5. The van der Waals surface area contributed by atoms with Crippen molar-refractivity contribution in [1.82, 2.24) is 19.9 Å². The predicted molar refractivity (Wildman–Crippen MR) is 123 cm³/mol. The second-order valence-electron chi connectivity index (χ2n) is 7.80. The van der Waals surface area contributed by atoms with E-state index >= 15 is 0 Å². The second kappa shape index (κ2) is 9.80. The SMILES string of the molecule is COC(=O)c1cnc2ccc(CNC(=O)c3cncn(Cc4ccc(F)c(F)c4)c3=O)c(C)c2c1. The molecule has 0 aliphatic heterocycles. The van der Waals surface area contributed by atoms with Gasteiger partial charge in [0.1, 0.15) is 5.56 Å². The van der Waals surface area contributed by atoms with Crippen molar-refractivity contribution in [3.8, 4) is 0 Å². The summed E-state index contributed by atoms with van der Waals surface area (Å²) >= 11 is 0. The molecule has 1 N–H and O–H groups in total. The number of carbonyl (C=O) groups excluding carboxylic acids is 2. The number of benzene rings is 2. The van der Waals surface area contributed by atoms with Gasteiger partial charge < -0.3 is 10.1 Å². The molecule has 35 heavy (non-hydrogen) atoms. The molecule has 1 amide bonds. The fourth-order valence-electron chi connectivity index (χ4n) is 3.63. The van der Waals surface area contributed by atoms with Crippen molar-refractivity contribution in [3.63, 3.8) is 0 Å². The summed E-state index contributed by atoms with van der Waals surface area (Å²) in [5.74, 6) is -3.16. The highest BCUT2D eigenvalue weighted by Gasteiger charge is 2.15. The number of carbonyl (C=O) groups is 2. The number of hydrogen-bond acceptors (Lipinski definition) is 6. The highest BCUT2D eigenvalue weighted by atomic mass is 19.2. The summed E-state index contributed by atoms with van der Waals surface area (Å²) in [6, 6.07) is 8.54. The number of aromatic nitrogens is 3. The zero-order chi connectivity index (χ0) is 25.1. The number of hydrogen-bond donors (Lipinski definition) is 1. The summed E-state index contributed by atoms with van der Waals surface area (Å²) in [4.78, 5) is 45.6. The molecule has 0 radical (unpaired) electrons. The summed E-state index contributed by atoms with van der Waals surface area (Å²) in [6.07, 6.45) is 3.81. The van der Waals surface area contributed by atoms with Crippen molar-refractivity contribution in [1.29, 1.82) is 0 Å². The summed E-state index contributed by atoms with van der Waals surface area (Å²) in [5.41, 5.74) is 2.09. The van der Waals surface area contributed by atoms with Crippen LogP contribution in [0.5, 0.6) is 0 Å². The topological polar surface area (TPSA) is 103 Å². The van der Waals surface area contributed by atoms with E-state index in [4.69, 9.17) is 4.74 Å². The predicted octanol–water partition coefficient (Wildman–Crippen LogP) is 3.14. The third-order valence-corrected chi connectivity index (χ3v) is 5.59. The maximum absolute atomic E-state index is 13.5. The van der Waals surface area contributed by atoms with Gasteiger partial charge in [-0.2, -0.15) is 0 Å². The molecule has 0 saturated carbocycles. The Morgan fingerprint density at radius 2 is 1.89 bits per heavy atom. The standard InChI is InChI=1S/C25H20F2N4O4/c1-14-16(4-6-22-18(14)8-17(10-29-22)25(34)35-2)9-30-23(32)19-11-28-13-31(24(19)33)12-15-3-5-20(26)21(27)7-15/h3-8,10-11,13H,9,12H2,1-2H3,(H,30,32). The molecule has 8 nitrogen and oxygen atoms in total. The number of aryl methyl sites for hydroxylation is 1. The van der Waals surface area contributed by atoms with Crippen LogP contribution < -0.4 is 10.9 Å². The van der Waals surface area contributed by atoms with E-state index < -0.39 is 29.1 Å². The average Bonchev–Trinajstić information content (AvgIpc) is 2.86. The van der Waals surface area contributed by atoms with Gasteiger partial charge in [-0.05, 0) is 47.9 Å². The molecular formula is C25H20F2N4O4. The minimum atomic E-state index is -1.03. The van der Waals surface area contributed by atoms with E-state index in [-0.39, 0.29) is 18.7 Å². The summed E-state index contributed by atoms with van der Waals surface area (Å²) in [5, 5.41) is 3.44. The highest BCUT2D eigenvalue weighted by molar-refractivity contribution is 5.95. The maximum atomic E-state index is 13.5. The van der Waals surface area contributed by atoms with Gasteiger partial charge in [0, 0.05) is 24.3 Å². The van der Waals surface area contributed by atoms with E-state index in [2.05, 4.69) is 15.3 Å². The Morgan fingerprint density at radius 1 is 1.09 bits per heavy atom. The molecule has 0 bridgehead atoms. The van der Waals surface area contributed by atoms with Crippen LogP contribution in [0.4, 0.5) is 8.78 Å². The van der Waals surface area contributed by atoms with Crippen molar-refractivity contribution in [3.05, 3.63) is 105 Å². The number of methoxy groups -OCH3 is 1. The average molecular weight is 478 g/mol. The first kappa shape index (κ1) is 23.7. The van der Waals surface area contributed by atoms with Gasteiger partial charge >= 0.3 is 5.97 Å². The Bertz CT molecular complexity index is 1520. The van der Waals surface area contributed by atoms with Crippen molar-refractivity contribution in [2.24, 2.45) is 0 Å². The molecule has 0 aliphatic rings. The number of pyridine rings is 1. The molecule has 0 unspecified atom stereocenters. The molecule has 2 heterocycles. The Hall–Kier alpha value is -4.47. The van der Waals surface area contributed by atoms with E-state index in [0.29, 0.717) is 16.6 Å². The Morgan fingerprint density at radius 3 is 2.63 bits per heavy atom. The molecule has 4 aromatic rings. The highest BCUT2D eigenvalue weighted by Crippen LogP contribution is 2.22. The van der Waals surface area contributed by atoms with Crippen molar-refractivity contribution < 1.29 is 23.1 Å². The largest absolute Gasteiger partial charge is 0.465 e.